The number of amides is 1. The molecule has 2 heterocycles. The van der Waals surface area contributed by atoms with Crippen molar-refractivity contribution in [1.82, 2.24) is 4.90 Å². The quantitative estimate of drug-likeness (QED) is 0.726. The van der Waals surface area contributed by atoms with Crippen molar-refractivity contribution in [3.05, 3.63) is 19.9 Å². The molecule has 0 spiro atoms. The smallest absolute Gasteiger partial charge is 0.305 e. The van der Waals surface area contributed by atoms with Gasteiger partial charge in [-0.1, -0.05) is 0 Å². The number of aliphatic carboxylic acids is 1. The van der Waals surface area contributed by atoms with Crippen molar-refractivity contribution in [1.29, 1.82) is 0 Å². The Bertz CT molecular complexity index is 639. The van der Waals surface area contributed by atoms with E-state index < -0.39 is 21.8 Å². The molecular weight excluding hydrogens is 417 g/mol. The first-order chi connectivity index (χ1) is 9.28. The minimum absolute atomic E-state index is 0.0472. The van der Waals surface area contributed by atoms with Crippen molar-refractivity contribution in [2.24, 2.45) is 0 Å². The summed E-state index contributed by atoms with van der Waals surface area (Å²) < 4.78 is 24.2. The Labute approximate surface area is 133 Å². The van der Waals surface area contributed by atoms with Crippen LogP contribution in [0.1, 0.15) is 16.8 Å². The van der Waals surface area contributed by atoms with E-state index >= 15 is 0 Å². The van der Waals surface area contributed by atoms with Crippen LogP contribution < -0.4 is 0 Å². The van der Waals surface area contributed by atoms with Crippen LogP contribution in [0.15, 0.2) is 11.4 Å². The summed E-state index contributed by atoms with van der Waals surface area (Å²) in [5.74, 6) is -1.81. The van der Waals surface area contributed by atoms with E-state index in [4.69, 9.17) is 5.11 Å². The number of carbonyl (C=O) groups excluding carboxylic acids is 1. The fraction of sp³-hybridized carbons (Fsp3) is 0.455. The summed E-state index contributed by atoms with van der Waals surface area (Å²) in [5, 5.41) is 10.6. The van der Waals surface area contributed by atoms with E-state index in [-0.39, 0.29) is 30.4 Å². The summed E-state index contributed by atoms with van der Waals surface area (Å²) in [6, 6.07) is 0.922. The molecule has 0 bridgehead atoms. The highest BCUT2D eigenvalue weighted by Gasteiger charge is 2.35. The molecule has 1 aliphatic rings. The molecule has 6 nitrogen and oxygen atoms in total. The van der Waals surface area contributed by atoms with Crippen LogP contribution in [0, 0.1) is 2.88 Å². The molecule has 110 valence electrons. The van der Waals surface area contributed by atoms with Crippen LogP contribution in [-0.4, -0.2) is 54.4 Å². The first kappa shape index (κ1) is 15.7. The van der Waals surface area contributed by atoms with Crippen LogP contribution >= 0.6 is 33.9 Å². The molecule has 0 saturated carbocycles. The Balaban J connectivity index is 2.23. The number of sulfone groups is 1. The van der Waals surface area contributed by atoms with Crippen molar-refractivity contribution >= 4 is 55.6 Å². The SMILES string of the molecule is O=C(O)CC1CS(=O)(=O)CCN1C(=O)c1csc(I)c1. The fourth-order valence-electron chi connectivity index (χ4n) is 2.11. The number of carbonyl (C=O) groups is 2. The topological polar surface area (TPSA) is 91.8 Å². The summed E-state index contributed by atoms with van der Waals surface area (Å²) in [6.45, 7) is 0.0472. The highest BCUT2D eigenvalue weighted by atomic mass is 127. The molecule has 1 N–H and O–H groups in total. The summed E-state index contributed by atoms with van der Waals surface area (Å²) in [4.78, 5) is 24.6. The van der Waals surface area contributed by atoms with E-state index in [9.17, 15) is 18.0 Å². The number of carboxylic acids is 1. The molecule has 1 atom stereocenters. The van der Waals surface area contributed by atoms with Crippen LogP contribution in [0.2, 0.25) is 0 Å². The van der Waals surface area contributed by atoms with Crippen molar-refractivity contribution < 1.29 is 23.1 Å². The van der Waals surface area contributed by atoms with Gasteiger partial charge in [-0.2, -0.15) is 0 Å². The molecule has 1 unspecified atom stereocenters. The largest absolute Gasteiger partial charge is 0.481 e. The molecule has 0 aromatic carbocycles. The Morgan fingerprint density at radius 2 is 2.20 bits per heavy atom. The van der Waals surface area contributed by atoms with Crippen LogP contribution in [0.4, 0.5) is 0 Å². The average Bonchev–Trinajstić information content (AvgIpc) is 2.73. The Kier molecular flexibility index (Phi) is 4.69. The second kappa shape index (κ2) is 5.98. The maximum absolute atomic E-state index is 12.4. The van der Waals surface area contributed by atoms with E-state index in [0.29, 0.717) is 5.56 Å². The van der Waals surface area contributed by atoms with E-state index in [1.165, 1.54) is 16.2 Å². The second-order valence-electron chi connectivity index (χ2n) is 4.50. The van der Waals surface area contributed by atoms with Crippen molar-refractivity contribution in [2.75, 3.05) is 18.1 Å². The van der Waals surface area contributed by atoms with Gasteiger partial charge in [0.2, 0.25) is 0 Å². The van der Waals surface area contributed by atoms with Gasteiger partial charge in [0, 0.05) is 11.9 Å². The zero-order valence-corrected chi connectivity index (χ0v) is 14.1. The number of halogens is 1. The predicted molar refractivity (Wildman–Crippen MR) is 82.8 cm³/mol. The van der Waals surface area contributed by atoms with E-state index in [2.05, 4.69) is 22.6 Å². The van der Waals surface area contributed by atoms with Crippen molar-refractivity contribution in [2.45, 2.75) is 12.5 Å². The lowest BCUT2D eigenvalue weighted by Crippen LogP contribution is -2.51. The minimum atomic E-state index is -3.28. The summed E-state index contributed by atoms with van der Waals surface area (Å²) in [6.07, 6.45) is -0.355. The molecule has 20 heavy (non-hydrogen) atoms. The average molecular weight is 429 g/mol. The van der Waals surface area contributed by atoms with Crippen molar-refractivity contribution in [3.8, 4) is 0 Å². The molecular formula is C11H12INO5S2. The number of rotatable bonds is 3. The van der Waals surface area contributed by atoms with Gasteiger partial charge in [-0.15, -0.1) is 11.3 Å². The summed E-state index contributed by atoms with van der Waals surface area (Å²) in [5.41, 5.74) is 0.481. The van der Waals surface area contributed by atoms with Gasteiger partial charge in [-0.3, -0.25) is 9.59 Å². The monoisotopic (exact) mass is 429 g/mol. The van der Waals surface area contributed by atoms with Gasteiger partial charge in [-0.05, 0) is 28.7 Å². The van der Waals surface area contributed by atoms with Gasteiger partial charge in [0.05, 0.1) is 32.4 Å². The van der Waals surface area contributed by atoms with Gasteiger partial charge in [0.1, 0.15) is 0 Å². The van der Waals surface area contributed by atoms with E-state index in [0.717, 1.165) is 2.88 Å². The number of hydrogen-bond donors (Lipinski definition) is 1. The summed E-state index contributed by atoms with van der Waals surface area (Å²) in [7, 11) is -3.28. The number of carboxylic acid groups (broad SMARTS) is 1. The molecule has 1 fully saturated rings. The molecule has 1 saturated heterocycles. The molecule has 2 rings (SSSR count). The predicted octanol–water partition coefficient (Wildman–Crippen LogP) is 1.07. The van der Waals surface area contributed by atoms with Gasteiger partial charge < -0.3 is 10.0 Å². The Morgan fingerprint density at radius 3 is 2.75 bits per heavy atom. The van der Waals surface area contributed by atoms with Gasteiger partial charge in [0.15, 0.2) is 9.84 Å². The maximum atomic E-state index is 12.4. The van der Waals surface area contributed by atoms with Crippen molar-refractivity contribution in [3.63, 3.8) is 0 Å². The standard InChI is InChI=1S/C11H12INO5S2/c12-9-3-7(5-19-9)11(16)13-1-2-20(17,18)6-8(13)4-10(14)15/h3,5,8H,1-2,4,6H2,(H,14,15). The molecule has 1 amide bonds. The third-order valence-electron chi connectivity index (χ3n) is 3.02. The summed E-state index contributed by atoms with van der Waals surface area (Å²) >= 11 is 3.51. The lowest BCUT2D eigenvalue weighted by atomic mass is 10.1. The first-order valence-electron chi connectivity index (χ1n) is 5.76. The molecule has 1 aliphatic heterocycles. The van der Waals surface area contributed by atoms with Gasteiger partial charge in [-0.25, -0.2) is 8.42 Å². The molecule has 0 aliphatic carbocycles. The van der Waals surface area contributed by atoms with E-state index in [1.807, 2.05) is 0 Å². The normalized spacial score (nSPS) is 21.6. The van der Waals surface area contributed by atoms with Gasteiger partial charge >= 0.3 is 5.97 Å². The van der Waals surface area contributed by atoms with Crippen LogP contribution in [-0.2, 0) is 14.6 Å². The second-order valence-corrected chi connectivity index (χ2v) is 9.54. The Morgan fingerprint density at radius 1 is 1.50 bits per heavy atom. The molecule has 1 aromatic heterocycles. The number of nitrogens with zero attached hydrogens (tertiary/aromatic N) is 1. The maximum Gasteiger partial charge on any atom is 0.305 e. The minimum Gasteiger partial charge on any atom is -0.481 e. The zero-order valence-electron chi connectivity index (χ0n) is 10.3. The van der Waals surface area contributed by atoms with Crippen LogP contribution in [0.5, 0.6) is 0 Å². The van der Waals surface area contributed by atoms with E-state index in [1.54, 1.807) is 11.4 Å². The molecule has 1 aromatic rings. The number of hydrogen-bond acceptors (Lipinski definition) is 5. The third-order valence-corrected chi connectivity index (χ3v) is 6.50. The fourth-order valence-corrected chi connectivity index (χ4v) is 4.96. The van der Waals surface area contributed by atoms with Gasteiger partial charge in [0.25, 0.3) is 5.91 Å². The molecule has 9 heteroatoms. The lowest BCUT2D eigenvalue weighted by Gasteiger charge is -2.34. The lowest BCUT2D eigenvalue weighted by molar-refractivity contribution is -0.138. The first-order valence-corrected chi connectivity index (χ1v) is 9.54. The third kappa shape index (κ3) is 3.70. The number of thiophene rings is 1. The Hall–Kier alpha value is -0.680. The van der Waals surface area contributed by atoms with Crippen LogP contribution in [0.3, 0.4) is 0 Å². The molecule has 0 radical (unpaired) electrons. The highest BCUT2D eigenvalue weighted by Crippen LogP contribution is 2.22. The zero-order chi connectivity index (χ0) is 14.9. The highest BCUT2D eigenvalue weighted by molar-refractivity contribution is 14.1. The van der Waals surface area contributed by atoms with Crippen LogP contribution in [0.25, 0.3) is 0 Å².